The van der Waals surface area contributed by atoms with Gasteiger partial charge in [-0.15, -0.1) is 0 Å². The molecule has 6 heteroatoms. The summed E-state index contributed by atoms with van der Waals surface area (Å²) >= 11 is 0. The summed E-state index contributed by atoms with van der Waals surface area (Å²) in [4.78, 5) is 16.4. The van der Waals surface area contributed by atoms with E-state index in [1.807, 2.05) is 4.90 Å². The first-order valence-corrected chi connectivity index (χ1v) is 8.28. The van der Waals surface area contributed by atoms with Crippen molar-refractivity contribution >= 4 is 5.91 Å². The van der Waals surface area contributed by atoms with Crippen molar-refractivity contribution in [1.29, 1.82) is 0 Å². The molecule has 2 aliphatic heterocycles. The van der Waals surface area contributed by atoms with Crippen LogP contribution in [0.4, 0.5) is 0 Å². The number of nitrogens with zero attached hydrogens (tertiary/aromatic N) is 3. The number of aryl methyl sites for hydroxylation is 1. The molecule has 0 bridgehead atoms. The topological polar surface area (TPSA) is 57.9 Å². The first-order valence-electron chi connectivity index (χ1n) is 8.28. The van der Waals surface area contributed by atoms with Crippen LogP contribution in [-0.4, -0.2) is 71.9 Å². The zero-order valence-electron chi connectivity index (χ0n) is 14.1. The van der Waals surface area contributed by atoms with Crippen molar-refractivity contribution < 1.29 is 14.6 Å². The number of aliphatic hydroxyl groups is 1. The number of ether oxygens (including phenoxy) is 1. The third-order valence-corrected chi connectivity index (χ3v) is 5.52. The summed E-state index contributed by atoms with van der Waals surface area (Å²) in [7, 11) is 3.61. The van der Waals surface area contributed by atoms with Gasteiger partial charge in [0.2, 0.25) is 5.91 Å². The van der Waals surface area contributed by atoms with Crippen LogP contribution in [-0.2, 0) is 23.1 Å². The number of hydrogen-bond donors (Lipinski definition) is 1. The first-order chi connectivity index (χ1) is 11.1. The van der Waals surface area contributed by atoms with Gasteiger partial charge in [0.25, 0.3) is 0 Å². The molecular weight excluding hydrogens is 294 g/mol. The highest BCUT2D eigenvalue weighted by Gasteiger charge is 2.50. The second-order valence-corrected chi connectivity index (χ2v) is 7.03. The Morgan fingerprint density at radius 2 is 2.30 bits per heavy atom. The summed E-state index contributed by atoms with van der Waals surface area (Å²) < 4.78 is 7.11. The van der Waals surface area contributed by atoms with Crippen molar-refractivity contribution in [2.45, 2.75) is 13.0 Å². The minimum absolute atomic E-state index is 0.0312. The first kappa shape index (κ1) is 16.5. The lowest BCUT2D eigenvalue weighted by molar-refractivity contribution is -0.134. The molecule has 2 saturated heterocycles. The molecule has 1 aromatic heterocycles. The van der Waals surface area contributed by atoms with Crippen LogP contribution < -0.4 is 0 Å². The maximum atomic E-state index is 12.1. The molecule has 2 aliphatic rings. The number of carbonyl (C=O) groups excluding carboxylic acids is 1. The summed E-state index contributed by atoms with van der Waals surface area (Å²) in [5.74, 6) is 0.418. The number of hydrogen-bond acceptors (Lipinski definition) is 4. The summed E-state index contributed by atoms with van der Waals surface area (Å²) in [6.45, 7) is 4.41. The molecule has 1 amide bonds. The standard InChI is InChI=1S/C17H27N3O3/c1-18-6-3-4-15(18)9-19-7-5-14-8-20(16(22)10-23-2)12-17(14,11-19)13-21/h3-4,6,14,21H,5,7-13H2,1-2H3/t14-,17+/m0/s1. The number of aromatic nitrogens is 1. The molecular formula is C17H27N3O3. The van der Waals surface area contributed by atoms with E-state index in [4.69, 9.17) is 4.74 Å². The number of methoxy groups -OCH3 is 1. The monoisotopic (exact) mass is 321 g/mol. The Morgan fingerprint density at radius 3 is 2.96 bits per heavy atom. The van der Waals surface area contributed by atoms with Gasteiger partial charge in [-0.25, -0.2) is 0 Å². The van der Waals surface area contributed by atoms with E-state index in [-0.39, 0.29) is 24.5 Å². The SMILES string of the molecule is COCC(=O)N1C[C@@H]2CCN(Cc3cccn3C)C[C@]2(CO)C1. The molecule has 0 radical (unpaired) electrons. The lowest BCUT2D eigenvalue weighted by Gasteiger charge is -2.43. The second kappa shape index (κ2) is 6.63. The van der Waals surface area contributed by atoms with Gasteiger partial charge >= 0.3 is 0 Å². The average Bonchev–Trinajstić information content (AvgIpc) is 3.12. The van der Waals surface area contributed by atoms with E-state index in [9.17, 15) is 9.90 Å². The Bertz CT molecular complexity index is 559. The van der Waals surface area contributed by atoms with E-state index in [0.717, 1.165) is 32.6 Å². The zero-order valence-corrected chi connectivity index (χ0v) is 14.1. The normalized spacial score (nSPS) is 28.1. The van der Waals surface area contributed by atoms with Gasteiger partial charge in [-0.05, 0) is 31.0 Å². The molecule has 128 valence electrons. The van der Waals surface area contributed by atoms with Crippen LogP contribution >= 0.6 is 0 Å². The van der Waals surface area contributed by atoms with Gasteiger partial charge in [-0.1, -0.05) is 0 Å². The predicted molar refractivity (Wildman–Crippen MR) is 86.8 cm³/mol. The number of rotatable bonds is 5. The Labute approximate surface area is 137 Å². The molecule has 0 spiro atoms. The molecule has 0 aliphatic carbocycles. The third kappa shape index (κ3) is 3.16. The Hall–Kier alpha value is -1.37. The van der Waals surface area contributed by atoms with Gasteiger partial charge in [-0.3, -0.25) is 9.69 Å². The van der Waals surface area contributed by atoms with Gasteiger partial charge in [0.05, 0.1) is 6.61 Å². The molecule has 2 fully saturated rings. The molecule has 1 aromatic rings. The highest BCUT2D eigenvalue weighted by Crippen LogP contribution is 2.42. The Morgan fingerprint density at radius 1 is 1.48 bits per heavy atom. The quantitative estimate of drug-likeness (QED) is 0.848. The van der Waals surface area contributed by atoms with E-state index < -0.39 is 0 Å². The third-order valence-electron chi connectivity index (χ3n) is 5.52. The molecule has 23 heavy (non-hydrogen) atoms. The maximum absolute atomic E-state index is 12.1. The lowest BCUT2D eigenvalue weighted by atomic mass is 9.74. The molecule has 3 rings (SSSR count). The van der Waals surface area contributed by atoms with Gasteiger partial charge in [0.1, 0.15) is 6.61 Å². The highest BCUT2D eigenvalue weighted by molar-refractivity contribution is 5.77. The van der Waals surface area contributed by atoms with Crippen LogP contribution in [0.15, 0.2) is 18.3 Å². The van der Waals surface area contributed by atoms with Crippen molar-refractivity contribution in [3.05, 3.63) is 24.0 Å². The number of aliphatic hydroxyl groups excluding tert-OH is 1. The minimum atomic E-state index is -0.188. The van der Waals surface area contributed by atoms with E-state index >= 15 is 0 Å². The Kier molecular flexibility index (Phi) is 4.75. The fraction of sp³-hybridized carbons (Fsp3) is 0.706. The predicted octanol–water partition coefficient (Wildman–Crippen LogP) is 0.314. The van der Waals surface area contributed by atoms with Gasteiger partial charge in [0, 0.05) is 57.6 Å². The van der Waals surface area contributed by atoms with Crippen LogP contribution in [0.2, 0.25) is 0 Å². The van der Waals surface area contributed by atoms with Crippen molar-refractivity contribution in [3.8, 4) is 0 Å². The van der Waals surface area contributed by atoms with Crippen molar-refractivity contribution in [2.75, 3.05) is 46.5 Å². The van der Waals surface area contributed by atoms with Gasteiger partial charge < -0.3 is 19.3 Å². The Balaban J connectivity index is 1.69. The van der Waals surface area contributed by atoms with Gasteiger partial charge in [0.15, 0.2) is 0 Å². The van der Waals surface area contributed by atoms with Crippen molar-refractivity contribution in [1.82, 2.24) is 14.4 Å². The minimum Gasteiger partial charge on any atom is -0.396 e. The van der Waals surface area contributed by atoms with Crippen LogP contribution in [0.1, 0.15) is 12.1 Å². The summed E-state index contributed by atoms with van der Waals surface area (Å²) in [6, 6.07) is 4.20. The number of carbonyl (C=O) groups is 1. The zero-order chi connectivity index (χ0) is 16.4. The summed E-state index contributed by atoms with van der Waals surface area (Å²) in [5.41, 5.74) is 1.09. The van der Waals surface area contributed by atoms with E-state index in [1.165, 1.54) is 5.69 Å². The highest BCUT2D eigenvalue weighted by atomic mass is 16.5. The number of likely N-dealkylation sites (tertiary alicyclic amines) is 2. The van der Waals surface area contributed by atoms with Crippen molar-refractivity contribution in [3.63, 3.8) is 0 Å². The molecule has 3 heterocycles. The van der Waals surface area contributed by atoms with E-state index in [2.05, 4.69) is 34.8 Å². The number of fused-ring (bicyclic) bond motifs is 1. The average molecular weight is 321 g/mol. The van der Waals surface area contributed by atoms with Gasteiger partial charge in [-0.2, -0.15) is 0 Å². The molecule has 0 aromatic carbocycles. The van der Waals surface area contributed by atoms with Crippen LogP contribution in [0, 0.1) is 11.3 Å². The van der Waals surface area contributed by atoms with Crippen molar-refractivity contribution in [2.24, 2.45) is 18.4 Å². The van der Waals surface area contributed by atoms with Crippen LogP contribution in [0.5, 0.6) is 0 Å². The van der Waals surface area contributed by atoms with E-state index in [1.54, 1.807) is 7.11 Å². The summed E-state index contributed by atoms with van der Waals surface area (Å²) in [5, 5.41) is 10.1. The molecule has 6 nitrogen and oxygen atoms in total. The number of amides is 1. The molecule has 0 saturated carbocycles. The summed E-state index contributed by atoms with van der Waals surface area (Å²) in [6.07, 6.45) is 3.09. The van der Waals surface area contributed by atoms with Crippen LogP contribution in [0.3, 0.4) is 0 Å². The maximum Gasteiger partial charge on any atom is 0.248 e. The largest absolute Gasteiger partial charge is 0.396 e. The second-order valence-electron chi connectivity index (χ2n) is 7.03. The molecule has 2 atom stereocenters. The number of piperidine rings is 1. The smallest absolute Gasteiger partial charge is 0.248 e. The van der Waals surface area contributed by atoms with Crippen LogP contribution in [0.25, 0.3) is 0 Å². The lowest BCUT2D eigenvalue weighted by Crippen LogP contribution is -2.50. The molecule has 1 N–H and O–H groups in total. The van der Waals surface area contributed by atoms with E-state index in [0.29, 0.717) is 12.5 Å². The fourth-order valence-corrected chi connectivity index (χ4v) is 4.13. The fourth-order valence-electron chi connectivity index (χ4n) is 4.13. The molecule has 0 unspecified atom stereocenters.